The summed E-state index contributed by atoms with van der Waals surface area (Å²) >= 11 is 1.39. The van der Waals surface area contributed by atoms with E-state index >= 15 is 0 Å². The summed E-state index contributed by atoms with van der Waals surface area (Å²) in [6.07, 6.45) is 8.33. The fraction of sp³-hybridized carbons (Fsp3) is 0.500. The van der Waals surface area contributed by atoms with Gasteiger partial charge in [0.25, 0.3) is 11.8 Å². The number of benzene rings is 2. The van der Waals surface area contributed by atoms with Crippen LogP contribution >= 0.6 is 11.3 Å². The molecule has 2 aliphatic heterocycles. The van der Waals surface area contributed by atoms with E-state index in [4.69, 9.17) is 9.72 Å². The molecule has 3 amide bonds. The van der Waals surface area contributed by atoms with Gasteiger partial charge in [0.15, 0.2) is 5.13 Å². The molecule has 46 heavy (non-hydrogen) atoms. The third-order valence-corrected chi connectivity index (χ3v) is 10.5. The van der Waals surface area contributed by atoms with E-state index in [0.717, 1.165) is 49.4 Å². The Morgan fingerprint density at radius 2 is 1.67 bits per heavy atom. The number of rotatable bonds is 10. The normalized spacial score (nSPS) is 19.3. The molecule has 0 spiro atoms. The molecule has 3 heterocycles. The largest absolute Gasteiger partial charge is 0.493 e. The zero-order valence-electron chi connectivity index (χ0n) is 26.9. The van der Waals surface area contributed by atoms with Gasteiger partial charge in [-0.05, 0) is 86.9 Å². The van der Waals surface area contributed by atoms with Crippen LogP contribution in [0.3, 0.4) is 0 Å². The van der Waals surface area contributed by atoms with E-state index in [1.54, 1.807) is 24.3 Å². The Morgan fingerprint density at radius 3 is 2.39 bits per heavy atom. The Balaban J connectivity index is 1.03. The summed E-state index contributed by atoms with van der Waals surface area (Å²) in [6, 6.07) is 14.0. The molecule has 3 aromatic rings. The van der Waals surface area contributed by atoms with Crippen LogP contribution in [0, 0.1) is 0 Å². The van der Waals surface area contributed by atoms with Crippen molar-refractivity contribution in [1.29, 1.82) is 0 Å². The number of amides is 3. The Bertz CT molecular complexity index is 1530. The van der Waals surface area contributed by atoms with Crippen molar-refractivity contribution < 1.29 is 19.1 Å². The van der Waals surface area contributed by atoms with E-state index in [2.05, 4.69) is 27.7 Å². The van der Waals surface area contributed by atoms with Crippen LogP contribution in [0.4, 0.5) is 5.13 Å². The lowest BCUT2D eigenvalue weighted by molar-refractivity contribution is -0.121. The van der Waals surface area contributed by atoms with Crippen LogP contribution in [0.15, 0.2) is 47.8 Å². The first kappa shape index (κ1) is 32.2. The maximum Gasteiger partial charge on any atom is 0.257 e. The Morgan fingerprint density at radius 1 is 0.935 bits per heavy atom. The predicted octanol–water partition coefficient (Wildman–Crippen LogP) is 6.32. The summed E-state index contributed by atoms with van der Waals surface area (Å²) in [7, 11) is 0. The molecule has 6 rings (SSSR count). The smallest absolute Gasteiger partial charge is 0.257 e. The van der Waals surface area contributed by atoms with Gasteiger partial charge < -0.3 is 15.0 Å². The van der Waals surface area contributed by atoms with Gasteiger partial charge in [0.1, 0.15) is 5.75 Å². The highest BCUT2D eigenvalue weighted by Gasteiger charge is 2.32. The van der Waals surface area contributed by atoms with Crippen molar-refractivity contribution in [2.75, 3.05) is 38.1 Å². The molecule has 244 valence electrons. The third kappa shape index (κ3) is 7.44. The van der Waals surface area contributed by atoms with Crippen molar-refractivity contribution in [3.05, 3.63) is 64.5 Å². The lowest BCUT2D eigenvalue weighted by atomic mass is 9.95. The fourth-order valence-corrected chi connectivity index (χ4v) is 7.82. The van der Waals surface area contributed by atoms with Gasteiger partial charge in [-0.1, -0.05) is 25.8 Å². The molecule has 9 nitrogen and oxygen atoms in total. The van der Waals surface area contributed by atoms with E-state index in [0.29, 0.717) is 54.3 Å². The first-order valence-electron chi connectivity index (χ1n) is 16.9. The average Bonchev–Trinajstić information content (AvgIpc) is 3.88. The molecule has 3 fully saturated rings. The highest BCUT2D eigenvalue weighted by molar-refractivity contribution is 7.14. The molecule has 2 aromatic carbocycles. The second-order valence-electron chi connectivity index (χ2n) is 12.7. The summed E-state index contributed by atoms with van der Waals surface area (Å²) in [5.74, 6) is 1.23. The Labute approximate surface area is 275 Å². The van der Waals surface area contributed by atoms with Gasteiger partial charge in [0, 0.05) is 66.8 Å². The van der Waals surface area contributed by atoms with Crippen LogP contribution in [-0.2, 0) is 4.79 Å². The topological polar surface area (TPSA) is 104 Å². The van der Waals surface area contributed by atoms with Crippen LogP contribution in [0.1, 0.15) is 97.4 Å². The number of ether oxygens (including phenoxy) is 1. The first-order chi connectivity index (χ1) is 22.4. The predicted molar refractivity (Wildman–Crippen MR) is 182 cm³/mol. The number of piperidine rings is 1. The lowest BCUT2D eigenvalue weighted by Crippen LogP contribution is -2.47. The minimum absolute atomic E-state index is 0.00517. The summed E-state index contributed by atoms with van der Waals surface area (Å²) in [4.78, 5) is 47.3. The van der Waals surface area contributed by atoms with Crippen LogP contribution in [0.25, 0.3) is 11.3 Å². The van der Waals surface area contributed by atoms with Gasteiger partial charge in [-0.15, -0.1) is 11.3 Å². The standard InChI is InChI=1S/C36H45N5O4S/c1-3-33(42)37-28-15-18-41(22-28)29-16-19-40(20-17-29)35(44)26-11-9-25(10-12-26)34(43)39-36-38-31(23-46-36)30-21-27(24-7-5-6-8-24)13-14-32(30)45-4-2/h9-14,21,23-24,28-29H,3-8,15-20,22H2,1-2H3,(H,37,42)(H,38,39,43)/t28-/m1/s1. The fourth-order valence-electron chi connectivity index (χ4n) is 7.11. The minimum atomic E-state index is -0.260. The molecule has 1 atom stereocenters. The number of hydrogen-bond donors (Lipinski definition) is 2. The maximum atomic E-state index is 13.3. The van der Waals surface area contributed by atoms with E-state index in [1.807, 2.05) is 30.2 Å². The van der Waals surface area contributed by atoms with Crippen LogP contribution < -0.4 is 15.4 Å². The number of carbonyl (C=O) groups is 3. The number of hydrogen-bond acceptors (Lipinski definition) is 7. The van der Waals surface area contributed by atoms with Crippen molar-refractivity contribution in [2.24, 2.45) is 0 Å². The SMILES string of the molecule is CCOc1ccc(C2CCCC2)cc1-c1csc(NC(=O)c2ccc(C(=O)N3CCC(N4CC[C@@H](NC(=O)CC)C4)CC3)cc2)n1. The molecule has 3 aliphatic rings. The third-order valence-electron chi connectivity index (χ3n) is 9.70. The maximum absolute atomic E-state index is 13.3. The molecule has 10 heteroatoms. The molecule has 2 N–H and O–H groups in total. The van der Waals surface area contributed by atoms with Crippen molar-refractivity contribution in [2.45, 2.75) is 83.2 Å². The number of nitrogens with zero attached hydrogens (tertiary/aromatic N) is 3. The first-order valence-corrected chi connectivity index (χ1v) is 17.8. The summed E-state index contributed by atoms with van der Waals surface area (Å²) < 4.78 is 5.92. The van der Waals surface area contributed by atoms with Gasteiger partial charge in [0.05, 0.1) is 12.3 Å². The molecule has 1 saturated carbocycles. The zero-order chi connectivity index (χ0) is 32.0. The van der Waals surface area contributed by atoms with Gasteiger partial charge in [-0.2, -0.15) is 0 Å². The van der Waals surface area contributed by atoms with Gasteiger partial charge in [0.2, 0.25) is 5.91 Å². The molecule has 1 aliphatic carbocycles. The van der Waals surface area contributed by atoms with Crippen molar-refractivity contribution >= 4 is 34.2 Å². The highest BCUT2D eigenvalue weighted by atomic mass is 32.1. The second kappa shape index (κ2) is 14.8. The molecule has 1 aromatic heterocycles. The van der Waals surface area contributed by atoms with Crippen molar-refractivity contribution in [3.8, 4) is 17.0 Å². The zero-order valence-corrected chi connectivity index (χ0v) is 27.7. The summed E-state index contributed by atoms with van der Waals surface area (Å²) in [6.45, 7) is 7.71. The molecule has 0 bridgehead atoms. The van der Waals surface area contributed by atoms with Crippen molar-refractivity contribution in [1.82, 2.24) is 20.1 Å². The lowest BCUT2D eigenvalue weighted by Gasteiger charge is -2.36. The van der Waals surface area contributed by atoms with E-state index in [1.165, 1.54) is 42.6 Å². The number of aromatic nitrogens is 1. The molecule has 2 saturated heterocycles. The van der Waals surface area contributed by atoms with Gasteiger partial charge in [-0.3, -0.25) is 24.6 Å². The molecule has 0 radical (unpaired) electrons. The number of nitrogens with one attached hydrogen (secondary N) is 2. The Hall–Kier alpha value is -3.76. The molecular formula is C36H45N5O4S. The summed E-state index contributed by atoms with van der Waals surface area (Å²) in [5.41, 5.74) is 4.14. The minimum Gasteiger partial charge on any atom is -0.493 e. The van der Waals surface area contributed by atoms with Crippen LogP contribution in [-0.4, -0.2) is 77.4 Å². The molecule has 0 unspecified atom stereocenters. The quantitative estimate of drug-likeness (QED) is 0.268. The van der Waals surface area contributed by atoms with E-state index in [-0.39, 0.29) is 23.8 Å². The van der Waals surface area contributed by atoms with E-state index < -0.39 is 0 Å². The van der Waals surface area contributed by atoms with Gasteiger partial charge >= 0.3 is 0 Å². The monoisotopic (exact) mass is 643 g/mol. The van der Waals surface area contributed by atoms with Crippen LogP contribution in [0.5, 0.6) is 5.75 Å². The van der Waals surface area contributed by atoms with E-state index in [9.17, 15) is 14.4 Å². The average molecular weight is 644 g/mol. The number of likely N-dealkylation sites (tertiary alicyclic amines) is 2. The molecular weight excluding hydrogens is 598 g/mol. The van der Waals surface area contributed by atoms with Gasteiger partial charge in [-0.25, -0.2) is 4.98 Å². The number of carbonyl (C=O) groups excluding carboxylic acids is 3. The summed E-state index contributed by atoms with van der Waals surface area (Å²) in [5, 5.41) is 8.53. The highest BCUT2D eigenvalue weighted by Crippen LogP contribution is 2.39. The van der Waals surface area contributed by atoms with Crippen LogP contribution in [0.2, 0.25) is 0 Å². The second-order valence-corrected chi connectivity index (χ2v) is 13.5. The Kier molecular flexibility index (Phi) is 10.3. The number of anilines is 1. The number of thiazole rings is 1. The van der Waals surface area contributed by atoms with Crippen molar-refractivity contribution in [3.63, 3.8) is 0 Å².